The first-order valence-electron chi connectivity index (χ1n) is 3.88. The predicted molar refractivity (Wildman–Crippen MR) is 50.4 cm³/mol. The Morgan fingerprint density at radius 1 is 0.583 bits per heavy atom. The molecule has 1 saturated carbocycles. The van der Waals surface area contributed by atoms with Gasteiger partial charge in [-0.3, -0.25) is 0 Å². The molecule has 69 valence electrons. The summed E-state index contributed by atoms with van der Waals surface area (Å²) >= 11 is 1.82. The molecule has 0 aromatic rings. The molecule has 0 bridgehead atoms. The van der Waals surface area contributed by atoms with Crippen LogP contribution in [0.2, 0.25) is 0 Å². The number of hydrogen-bond acceptors (Lipinski definition) is 0. The van der Waals surface area contributed by atoms with Crippen LogP contribution in [0.1, 0.15) is 34.6 Å². The first-order chi connectivity index (χ1) is 5.55. The van der Waals surface area contributed by atoms with E-state index in [0.29, 0.717) is 0 Å². The molecule has 0 aromatic carbocycles. The molecular formula is C10H15ClRu+. The van der Waals surface area contributed by atoms with Crippen molar-refractivity contribution in [2.45, 2.75) is 34.6 Å². The molecule has 12 heavy (non-hydrogen) atoms. The van der Waals surface area contributed by atoms with Gasteiger partial charge in [0.05, 0.1) is 0 Å². The van der Waals surface area contributed by atoms with E-state index < -0.39 is 0 Å². The van der Waals surface area contributed by atoms with Crippen LogP contribution in [0.3, 0.4) is 0 Å². The van der Waals surface area contributed by atoms with Crippen molar-refractivity contribution < 1.29 is 17.3 Å². The monoisotopic (exact) mass is 272 g/mol. The minimum atomic E-state index is 1.47. The zero-order chi connectivity index (χ0) is 9.89. The zero-order valence-electron chi connectivity index (χ0n) is 8.23. The summed E-state index contributed by atoms with van der Waals surface area (Å²) in [6.45, 7) is 11.0. The Kier molecular flexibility index (Phi) is 6.03. The van der Waals surface area contributed by atoms with Gasteiger partial charge in [0, 0.05) is 0 Å². The quantitative estimate of drug-likeness (QED) is 0.590. The van der Waals surface area contributed by atoms with Crippen LogP contribution in [0.25, 0.3) is 0 Å². The molecule has 2 heteroatoms. The average Bonchev–Trinajstić information content (AvgIpc) is 2.27. The number of halogens is 1. The molecule has 0 aliphatic heterocycles. The van der Waals surface area contributed by atoms with E-state index in [-0.39, 0.29) is 0 Å². The average molecular weight is 272 g/mol. The van der Waals surface area contributed by atoms with Crippen molar-refractivity contribution in [2.75, 3.05) is 0 Å². The Labute approximate surface area is 91.2 Å². The number of hydrogen-bond donors (Lipinski definition) is 0. The predicted octanol–water partition coefficient (Wildman–Crippen LogP) is 3.66. The minimum absolute atomic E-state index is 1.47. The molecule has 5 radical (unpaired) electrons. The van der Waals surface area contributed by atoms with Gasteiger partial charge in [-0.15, -0.1) is 0 Å². The summed E-state index contributed by atoms with van der Waals surface area (Å²) in [7, 11) is 4.57. The van der Waals surface area contributed by atoms with Crippen molar-refractivity contribution >= 4 is 9.69 Å². The Morgan fingerprint density at radius 3 is 0.750 bits per heavy atom. The van der Waals surface area contributed by atoms with Gasteiger partial charge in [0.1, 0.15) is 0 Å². The van der Waals surface area contributed by atoms with E-state index in [1.54, 1.807) is 0 Å². The van der Waals surface area contributed by atoms with Crippen molar-refractivity contribution in [3.63, 3.8) is 0 Å². The summed E-state index contributed by atoms with van der Waals surface area (Å²) in [5, 5.41) is 0. The van der Waals surface area contributed by atoms with Crippen LogP contribution in [0.5, 0.6) is 0 Å². The van der Waals surface area contributed by atoms with Crippen LogP contribution >= 0.6 is 9.69 Å². The Balaban J connectivity index is 0.000000561. The van der Waals surface area contributed by atoms with Crippen molar-refractivity contribution in [3.05, 3.63) is 29.6 Å². The van der Waals surface area contributed by atoms with Crippen LogP contribution < -0.4 is 0 Å². The van der Waals surface area contributed by atoms with E-state index in [4.69, 9.17) is 0 Å². The molecular weight excluding hydrogens is 257 g/mol. The first kappa shape index (κ1) is 12.9. The zero-order valence-corrected chi connectivity index (χ0v) is 10.7. The molecule has 0 heterocycles. The van der Waals surface area contributed by atoms with E-state index >= 15 is 0 Å². The molecule has 1 rings (SSSR count). The van der Waals surface area contributed by atoms with Gasteiger partial charge in [0.15, 0.2) is 0 Å². The van der Waals surface area contributed by atoms with Crippen LogP contribution in [-0.4, -0.2) is 0 Å². The molecule has 0 atom stereocenters. The van der Waals surface area contributed by atoms with Crippen molar-refractivity contribution in [1.82, 2.24) is 0 Å². The van der Waals surface area contributed by atoms with Crippen LogP contribution in [0, 0.1) is 29.6 Å². The second-order valence-electron chi connectivity index (χ2n) is 3.12. The van der Waals surface area contributed by atoms with Crippen molar-refractivity contribution in [1.29, 1.82) is 0 Å². The SMILES string of the molecule is C[C]1[C](C)[C](C)[C](C)[C]1C.[Cl][Ru+]. The molecule has 1 fully saturated rings. The fourth-order valence-corrected chi connectivity index (χ4v) is 1.41. The summed E-state index contributed by atoms with van der Waals surface area (Å²) in [5.41, 5.74) is 0. The fraction of sp³-hybridized carbons (Fsp3) is 0.500. The van der Waals surface area contributed by atoms with Gasteiger partial charge in [-0.05, 0) is 29.6 Å². The second kappa shape index (κ2) is 5.60. The third-order valence-corrected chi connectivity index (χ3v) is 2.81. The van der Waals surface area contributed by atoms with Crippen LogP contribution in [0.15, 0.2) is 0 Å². The molecule has 0 amide bonds. The number of rotatable bonds is 0. The Morgan fingerprint density at radius 2 is 0.667 bits per heavy atom. The topological polar surface area (TPSA) is 0 Å². The van der Waals surface area contributed by atoms with E-state index in [1.165, 1.54) is 29.6 Å². The standard InChI is InChI=1S/C10H15.ClH.Ru/c1-6-7(2)9(4)10(5)8(6)3;;/h1-5H3;1H;/q;;+2/p-1. The first-order valence-corrected chi connectivity index (χ1v) is 6.12. The van der Waals surface area contributed by atoms with Gasteiger partial charge >= 0.3 is 27.0 Å². The molecule has 0 nitrogen and oxygen atoms in total. The van der Waals surface area contributed by atoms with Gasteiger partial charge in [0.2, 0.25) is 0 Å². The maximum absolute atomic E-state index is 4.57. The van der Waals surface area contributed by atoms with Gasteiger partial charge in [0.25, 0.3) is 0 Å². The summed E-state index contributed by atoms with van der Waals surface area (Å²) in [6.07, 6.45) is 0. The van der Waals surface area contributed by atoms with Gasteiger partial charge < -0.3 is 0 Å². The van der Waals surface area contributed by atoms with E-state index in [0.717, 1.165) is 0 Å². The van der Waals surface area contributed by atoms with Crippen LogP contribution in [0.4, 0.5) is 0 Å². The van der Waals surface area contributed by atoms with E-state index in [1.807, 2.05) is 17.3 Å². The summed E-state index contributed by atoms with van der Waals surface area (Å²) in [6, 6.07) is 0. The molecule has 0 N–H and O–H groups in total. The van der Waals surface area contributed by atoms with Crippen molar-refractivity contribution in [2.24, 2.45) is 0 Å². The van der Waals surface area contributed by atoms with Gasteiger partial charge in [-0.25, -0.2) is 0 Å². The van der Waals surface area contributed by atoms with E-state index in [2.05, 4.69) is 44.3 Å². The molecule has 1 aliphatic rings. The summed E-state index contributed by atoms with van der Waals surface area (Å²) in [5.74, 6) is 7.34. The normalized spacial score (nSPS) is 24.2. The van der Waals surface area contributed by atoms with Crippen molar-refractivity contribution in [3.8, 4) is 0 Å². The van der Waals surface area contributed by atoms with Gasteiger partial charge in [-0.1, -0.05) is 34.6 Å². The summed E-state index contributed by atoms with van der Waals surface area (Å²) < 4.78 is 0. The summed E-state index contributed by atoms with van der Waals surface area (Å²) in [4.78, 5) is 0. The third kappa shape index (κ3) is 2.45. The van der Waals surface area contributed by atoms with E-state index in [9.17, 15) is 0 Å². The second-order valence-corrected chi connectivity index (χ2v) is 3.12. The Hall–Kier alpha value is 0.913. The molecule has 0 aromatic heterocycles. The Bertz CT molecular complexity index is 82.2. The molecule has 1 aliphatic carbocycles. The molecule has 0 spiro atoms. The van der Waals surface area contributed by atoms with Crippen LogP contribution in [-0.2, 0) is 17.3 Å². The third-order valence-electron chi connectivity index (χ3n) is 2.81. The molecule has 0 unspecified atom stereocenters. The molecule has 0 saturated heterocycles. The van der Waals surface area contributed by atoms with Gasteiger partial charge in [-0.2, -0.15) is 0 Å². The fourth-order valence-electron chi connectivity index (χ4n) is 1.41. The maximum atomic E-state index is 4.57.